The molecule has 0 spiro atoms. The van der Waals surface area contributed by atoms with Gasteiger partial charge in [-0.1, -0.05) is 0 Å². The molecule has 0 fully saturated rings. The first-order valence-corrected chi connectivity index (χ1v) is 7.56. The number of hydrogen-bond acceptors (Lipinski definition) is 5. The van der Waals surface area contributed by atoms with Gasteiger partial charge in [-0.05, 0) is 36.8 Å². The fourth-order valence-corrected chi connectivity index (χ4v) is 2.44. The lowest BCUT2D eigenvalue weighted by Gasteiger charge is -2.17. The molecule has 0 aliphatic heterocycles. The van der Waals surface area contributed by atoms with Gasteiger partial charge in [-0.3, -0.25) is 4.79 Å². The normalized spacial score (nSPS) is 10.4. The Balaban J connectivity index is 2.13. The molecule has 2 aromatic rings. The number of carbonyl (C=O) groups is 1. The monoisotopic (exact) mass is 333 g/mol. The van der Waals surface area contributed by atoms with Crippen molar-refractivity contribution in [3.05, 3.63) is 41.3 Å². The van der Waals surface area contributed by atoms with Crippen LogP contribution in [0.2, 0.25) is 0 Å². The molecule has 0 unspecified atom stereocenters. The molecule has 0 saturated heterocycles. The van der Waals surface area contributed by atoms with Crippen LogP contribution in [0, 0.1) is 6.92 Å². The molecular weight excluding hydrogens is 310 g/mol. The highest BCUT2D eigenvalue weighted by Gasteiger charge is 2.17. The van der Waals surface area contributed by atoms with Crippen LogP contribution in [-0.4, -0.2) is 39.2 Å². The molecule has 130 valence electrons. The van der Waals surface area contributed by atoms with Crippen LogP contribution in [0.25, 0.3) is 0 Å². The summed E-state index contributed by atoms with van der Waals surface area (Å²) in [5, 5.41) is 0. The summed E-state index contributed by atoms with van der Waals surface area (Å²) in [6, 6.07) is 7.32. The largest absolute Gasteiger partial charge is 0.493 e. The predicted molar refractivity (Wildman–Crippen MR) is 89.7 cm³/mol. The van der Waals surface area contributed by atoms with E-state index in [0.717, 1.165) is 17.1 Å². The van der Waals surface area contributed by atoms with Crippen molar-refractivity contribution < 1.29 is 23.4 Å². The Morgan fingerprint density at radius 2 is 1.71 bits per heavy atom. The van der Waals surface area contributed by atoms with Crippen LogP contribution in [0.5, 0.6) is 17.2 Å². The molecule has 24 heavy (non-hydrogen) atoms. The third kappa shape index (κ3) is 4.01. The molecule has 0 bridgehead atoms. The number of likely N-dealkylation sites (N-methyl/N-ethyl adjacent to an activating group) is 1. The Hall–Kier alpha value is -2.63. The summed E-state index contributed by atoms with van der Waals surface area (Å²) in [4.78, 5) is 14.1. The number of hydrogen-bond donors (Lipinski definition) is 0. The highest BCUT2D eigenvalue weighted by Crippen LogP contribution is 2.38. The summed E-state index contributed by atoms with van der Waals surface area (Å²) in [5.41, 5.74) is 0.789. The number of ether oxygens (including phenoxy) is 3. The van der Waals surface area contributed by atoms with Gasteiger partial charge in [-0.25, -0.2) is 0 Å². The number of rotatable bonds is 7. The lowest BCUT2D eigenvalue weighted by molar-refractivity contribution is -0.129. The standard InChI is InChI=1S/C18H23NO5/c1-12-6-7-14(24-12)11-19(2)17(20)10-13-8-15(21-3)18(23-5)16(9-13)22-4/h6-9H,10-11H2,1-5H3. The van der Waals surface area contributed by atoms with Crippen LogP contribution in [0.15, 0.2) is 28.7 Å². The summed E-state index contributed by atoms with van der Waals surface area (Å²) in [7, 11) is 6.39. The Kier molecular flexibility index (Phi) is 5.73. The summed E-state index contributed by atoms with van der Waals surface area (Å²) in [5.74, 6) is 3.13. The Morgan fingerprint density at radius 1 is 1.08 bits per heavy atom. The first kappa shape index (κ1) is 17.7. The number of carbonyl (C=O) groups excluding carboxylic acids is 1. The van der Waals surface area contributed by atoms with E-state index in [1.807, 2.05) is 19.1 Å². The average molecular weight is 333 g/mol. The molecule has 1 heterocycles. The van der Waals surface area contributed by atoms with E-state index in [9.17, 15) is 4.79 Å². The highest BCUT2D eigenvalue weighted by atomic mass is 16.5. The zero-order chi connectivity index (χ0) is 17.7. The van der Waals surface area contributed by atoms with E-state index < -0.39 is 0 Å². The van der Waals surface area contributed by atoms with Gasteiger partial charge in [-0.2, -0.15) is 0 Å². The van der Waals surface area contributed by atoms with Gasteiger partial charge in [0.05, 0.1) is 34.3 Å². The highest BCUT2D eigenvalue weighted by molar-refractivity contribution is 5.79. The average Bonchev–Trinajstić information content (AvgIpc) is 2.98. The second-order valence-electron chi connectivity index (χ2n) is 5.47. The summed E-state index contributed by atoms with van der Waals surface area (Å²) >= 11 is 0. The molecule has 2 rings (SSSR count). The molecule has 0 atom stereocenters. The molecule has 0 N–H and O–H groups in total. The Morgan fingerprint density at radius 3 is 2.17 bits per heavy atom. The van der Waals surface area contributed by atoms with E-state index in [2.05, 4.69) is 0 Å². The second-order valence-corrected chi connectivity index (χ2v) is 5.47. The van der Waals surface area contributed by atoms with Gasteiger partial charge in [0.15, 0.2) is 11.5 Å². The van der Waals surface area contributed by atoms with Gasteiger partial charge < -0.3 is 23.5 Å². The maximum absolute atomic E-state index is 12.4. The van der Waals surface area contributed by atoms with Gasteiger partial charge in [0.25, 0.3) is 0 Å². The third-order valence-corrected chi connectivity index (χ3v) is 3.69. The third-order valence-electron chi connectivity index (χ3n) is 3.69. The molecule has 0 saturated carbocycles. The van der Waals surface area contributed by atoms with Crippen LogP contribution in [0.3, 0.4) is 0 Å². The van der Waals surface area contributed by atoms with Crippen LogP contribution in [0.4, 0.5) is 0 Å². The molecule has 1 aromatic carbocycles. The van der Waals surface area contributed by atoms with Gasteiger partial charge in [0.2, 0.25) is 11.7 Å². The van der Waals surface area contributed by atoms with E-state index in [1.165, 1.54) is 0 Å². The van der Waals surface area contributed by atoms with Gasteiger partial charge in [-0.15, -0.1) is 0 Å². The molecule has 1 amide bonds. The van der Waals surface area contributed by atoms with Crippen molar-refractivity contribution in [1.29, 1.82) is 0 Å². The first-order valence-electron chi connectivity index (χ1n) is 7.56. The van der Waals surface area contributed by atoms with Crippen LogP contribution in [-0.2, 0) is 17.8 Å². The number of methoxy groups -OCH3 is 3. The van der Waals surface area contributed by atoms with Crippen molar-refractivity contribution >= 4 is 5.91 Å². The predicted octanol–water partition coefficient (Wildman–Crippen LogP) is 2.81. The lowest BCUT2D eigenvalue weighted by atomic mass is 10.1. The zero-order valence-electron chi connectivity index (χ0n) is 14.7. The zero-order valence-corrected chi connectivity index (χ0v) is 14.7. The van der Waals surface area contributed by atoms with Crippen LogP contribution in [0.1, 0.15) is 17.1 Å². The number of furan rings is 1. The topological polar surface area (TPSA) is 61.1 Å². The maximum atomic E-state index is 12.4. The fraction of sp³-hybridized carbons (Fsp3) is 0.389. The van der Waals surface area contributed by atoms with E-state index in [1.54, 1.807) is 45.4 Å². The van der Waals surface area contributed by atoms with Crippen molar-refractivity contribution in [1.82, 2.24) is 4.90 Å². The quantitative estimate of drug-likeness (QED) is 0.780. The number of aryl methyl sites for hydroxylation is 1. The van der Waals surface area contributed by atoms with Gasteiger partial charge in [0, 0.05) is 7.05 Å². The van der Waals surface area contributed by atoms with Crippen molar-refractivity contribution in [2.75, 3.05) is 28.4 Å². The van der Waals surface area contributed by atoms with Gasteiger partial charge in [0.1, 0.15) is 11.5 Å². The number of nitrogens with zero attached hydrogens (tertiary/aromatic N) is 1. The summed E-state index contributed by atoms with van der Waals surface area (Å²) < 4.78 is 21.4. The Bertz CT molecular complexity index is 682. The SMILES string of the molecule is COc1cc(CC(=O)N(C)Cc2ccc(C)o2)cc(OC)c1OC. The lowest BCUT2D eigenvalue weighted by Crippen LogP contribution is -2.27. The molecule has 1 aromatic heterocycles. The summed E-state index contributed by atoms with van der Waals surface area (Å²) in [6.45, 7) is 2.30. The van der Waals surface area contributed by atoms with Gasteiger partial charge >= 0.3 is 0 Å². The molecule has 0 aliphatic rings. The first-order chi connectivity index (χ1) is 11.5. The van der Waals surface area contributed by atoms with Crippen molar-refractivity contribution in [3.8, 4) is 17.2 Å². The fourth-order valence-electron chi connectivity index (χ4n) is 2.44. The molecule has 0 radical (unpaired) electrons. The smallest absolute Gasteiger partial charge is 0.227 e. The Labute approximate surface area is 141 Å². The van der Waals surface area contributed by atoms with Crippen molar-refractivity contribution in [3.63, 3.8) is 0 Å². The maximum Gasteiger partial charge on any atom is 0.227 e. The minimum Gasteiger partial charge on any atom is -0.493 e. The minimum absolute atomic E-state index is 0.0293. The van der Waals surface area contributed by atoms with E-state index in [4.69, 9.17) is 18.6 Å². The molecule has 6 nitrogen and oxygen atoms in total. The second kappa shape index (κ2) is 7.77. The number of amides is 1. The van der Waals surface area contributed by atoms with E-state index >= 15 is 0 Å². The van der Waals surface area contributed by atoms with Crippen molar-refractivity contribution in [2.24, 2.45) is 0 Å². The molecule has 0 aliphatic carbocycles. The molecular formula is C18H23NO5. The van der Waals surface area contributed by atoms with E-state index in [0.29, 0.717) is 23.8 Å². The molecule has 6 heteroatoms. The number of benzene rings is 1. The van der Waals surface area contributed by atoms with Crippen LogP contribution >= 0.6 is 0 Å². The minimum atomic E-state index is -0.0293. The van der Waals surface area contributed by atoms with Crippen molar-refractivity contribution in [2.45, 2.75) is 19.9 Å². The van der Waals surface area contributed by atoms with Crippen LogP contribution < -0.4 is 14.2 Å². The van der Waals surface area contributed by atoms with E-state index in [-0.39, 0.29) is 12.3 Å². The summed E-state index contributed by atoms with van der Waals surface area (Å²) in [6.07, 6.45) is 0.229.